The lowest BCUT2D eigenvalue weighted by Crippen LogP contribution is -2.39. The molecule has 1 aromatic heterocycles. The molecule has 0 N–H and O–H groups in total. The monoisotopic (exact) mass is 383 g/mol. The van der Waals surface area contributed by atoms with Gasteiger partial charge in [-0.15, -0.1) is 0 Å². The second-order valence-corrected chi connectivity index (χ2v) is 6.92. The molecule has 2 aromatic rings. The van der Waals surface area contributed by atoms with Gasteiger partial charge >= 0.3 is 0 Å². The summed E-state index contributed by atoms with van der Waals surface area (Å²) in [6, 6.07) is 13.5. The number of ether oxygens (including phenoxy) is 3. The summed E-state index contributed by atoms with van der Waals surface area (Å²) in [4.78, 5) is 21.0. The highest BCUT2D eigenvalue weighted by Gasteiger charge is 2.23. The van der Waals surface area contributed by atoms with Crippen LogP contribution < -0.4 is 14.4 Å². The van der Waals surface area contributed by atoms with E-state index in [2.05, 4.69) is 9.88 Å². The van der Waals surface area contributed by atoms with Crippen LogP contribution in [0.15, 0.2) is 48.7 Å². The molecule has 1 amide bonds. The third-order valence-corrected chi connectivity index (χ3v) is 4.92. The van der Waals surface area contributed by atoms with Gasteiger partial charge in [-0.2, -0.15) is 0 Å². The lowest BCUT2D eigenvalue weighted by molar-refractivity contribution is -0.137. The normalized spacial score (nSPS) is 19.2. The van der Waals surface area contributed by atoms with Crippen LogP contribution in [0.4, 0.5) is 5.82 Å². The Kier molecular flexibility index (Phi) is 5.92. The molecule has 148 valence electrons. The summed E-state index contributed by atoms with van der Waals surface area (Å²) in [6.45, 7) is 3.90. The Labute approximate surface area is 164 Å². The summed E-state index contributed by atoms with van der Waals surface area (Å²) >= 11 is 0. The third-order valence-electron chi connectivity index (χ3n) is 4.92. The molecule has 1 aromatic carbocycles. The molecule has 2 aliphatic heterocycles. The molecule has 0 aliphatic carbocycles. The van der Waals surface area contributed by atoms with Gasteiger partial charge in [0.15, 0.2) is 17.6 Å². The number of hydrogen-bond acceptors (Lipinski definition) is 6. The van der Waals surface area contributed by atoms with Crippen LogP contribution in [0.3, 0.4) is 0 Å². The van der Waals surface area contributed by atoms with Crippen LogP contribution in [0, 0.1) is 0 Å². The Balaban J connectivity index is 1.21. The van der Waals surface area contributed by atoms with E-state index >= 15 is 0 Å². The molecule has 1 fully saturated rings. The summed E-state index contributed by atoms with van der Waals surface area (Å²) in [5.41, 5.74) is 0. The van der Waals surface area contributed by atoms with Gasteiger partial charge in [0.05, 0.1) is 6.61 Å². The topological polar surface area (TPSA) is 64.1 Å². The highest BCUT2D eigenvalue weighted by molar-refractivity contribution is 5.77. The van der Waals surface area contributed by atoms with E-state index in [0.29, 0.717) is 19.8 Å². The molecule has 7 heteroatoms. The van der Waals surface area contributed by atoms with E-state index in [4.69, 9.17) is 14.2 Å². The SMILES string of the molecule is O=C(COC[C@@H]1COc2ccccc2O1)N1CCCN(c2ccccn2)CC1. The van der Waals surface area contributed by atoms with E-state index in [1.807, 2.05) is 47.4 Å². The van der Waals surface area contributed by atoms with Gasteiger partial charge in [-0.3, -0.25) is 4.79 Å². The van der Waals surface area contributed by atoms with Crippen LogP contribution in [0.1, 0.15) is 6.42 Å². The molecule has 0 radical (unpaired) electrons. The van der Waals surface area contributed by atoms with Gasteiger partial charge in [0.25, 0.3) is 0 Å². The third kappa shape index (κ3) is 4.54. The van der Waals surface area contributed by atoms with Gasteiger partial charge in [-0.25, -0.2) is 4.98 Å². The van der Waals surface area contributed by atoms with Crippen molar-refractivity contribution < 1.29 is 19.0 Å². The number of anilines is 1. The van der Waals surface area contributed by atoms with Crippen LogP contribution in [0.2, 0.25) is 0 Å². The Morgan fingerprint density at radius 3 is 2.79 bits per heavy atom. The van der Waals surface area contributed by atoms with Gasteiger partial charge < -0.3 is 24.0 Å². The summed E-state index contributed by atoms with van der Waals surface area (Å²) < 4.78 is 17.2. The minimum atomic E-state index is -0.202. The Morgan fingerprint density at radius 2 is 1.93 bits per heavy atom. The summed E-state index contributed by atoms with van der Waals surface area (Å²) in [7, 11) is 0. The number of amides is 1. The highest BCUT2D eigenvalue weighted by atomic mass is 16.6. The number of aromatic nitrogens is 1. The number of nitrogens with zero attached hydrogens (tertiary/aromatic N) is 3. The maximum absolute atomic E-state index is 12.5. The molecule has 2 aliphatic rings. The molecule has 0 saturated carbocycles. The van der Waals surface area contributed by atoms with Crippen molar-refractivity contribution in [3.05, 3.63) is 48.7 Å². The molecule has 4 rings (SSSR count). The average molecular weight is 383 g/mol. The van der Waals surface area contributed by atoms with Crippen molar-refractivity contribution in [2.24, 2.45) is 0 Å². The van der Waals surface area contributed by atoms with Crippen LogP contribution in [0.25, 0.3) is 0 Å². The minimum absolute atomic E-state index is 0.0139. The van der Waals surface area contributed by atoms with Gasteiger partial charge in [-0.1, -0.05) is 18.2 Å². The molecule has 0 unspecified atom stereocenters. The number of carbonyl (C=O) groups is 1. The van der Waals surface area contributed by atoms with Crippen molar-refractivity contribution in [2.45, 2.75) is 12.5 Å². The lowest BCUT2D eigenvalue weighted by atomic mass is 10.3. The highest BCUT2D eigenvalue weighted by Crippen LogP contribution is 2.30. The Bertz CT molecular complexity index is 786. The number of benzene rings is 1. The summed E-state index contributed by atoms with van der Waals surface area (Å²) in [6.07, 6.45) is 2.51. The van der Waals surface area contributed by atoms with E-state index in [-0.39, 0.29) is 18.6 Å². The van der Waals surface area contributed by atoms with E-state index < -0.39 is 0 Å². The number of carbonyl (C=O) groups excluding carboxylic acids is 1. The molecule has 7 nitrogen and oxygen atoms in total. The molecule has 28 heavy (non-hydrogen) atoms. The number of hydrogen-bond donors (Lipinski definition) is 0. The number of rotatable bonds is 5. The minimum Gasteiger partial charge on any atom is -0.486 e. The quantitative estimate of drug-likeness (QED) is 0.787. The van der Waals surface area contributed by atoms with Crippen molar-refractivity contribution in [1.82, 2.24) is 9.88 Å². The molecule has 0 bridgehead atoms. The van der Waals surface area contributed by atoms with E-state index in [1.54, 1.807) is 6.20 Å². The fraction of sp³-hybridized carbons (Fsp3) is 0.429. The first-order valence-corrected chi connectivity index (χ1v) is 9.69. The zero-order valence-corrected chi connectivity index (χ0v) is 15.8. The fourth-order valence-corrected chi connectivity index (χ4v) is 3.45. The van der Waals surface area contributed by atoms with Gasteiger partial charge in [-0.05, 0) is 30.7 Å². The van der Waals surface area contributed by atoms with Crippen LogP contribution in [-0.2, 0) is 9.53 Å². The van der Waals surface area contributed by atoms with Gasteiger partial charge in [0.2, 0.25) is 5.91 Å². The van der Waals surface area contributed by atoms with Crippen molar-refractivity contribution in [2.75, 3.05) is 50.9 Å². The summed E-state index contributed by atoms with van der Waals surface area (Å²) in [5.74, 6) is 2.44. The Morgan fingerprint density at radius 1 is 1.07 bits per heavy atom. The standard InChI is InChI=1S/C21H25N3O4/c25-21(16-26-14-17-15-27-18-6-1-2-7-19(18)28-17)24-11-5-10-23(12-13-24)20-8-3-4-9-22-20/h1-4,6-9,17H,5,10-16H2/t17-/m1/s1. The summed E-state index contributed by atoms with van der Waals surface area (Å²) in [5, 5.41) is 0. The van der Waals surface area contributed by atoms with E-state index in [0.717, 1.165) is 43.4 Å². The van der Waals surface area contributed by atoms with Crippen molar-refractivity contribution >= 4 is 11.7 Å². The molecule has 3 heterocycles. The van der Waals surface area contributed by atoms with Crippen molar-refractivity contribution in [1.29, 1.82) is 0 Å². The maximum atomic E-state index is 12.5. The first-order valence-electron chi connectivity index (χ1n) is 9.69. The van der Waals surface area contributed by atoms with Crippen molar-refractivity contribution in [3.63, 3.8) is 0 Å². The van der Waals surface area contributed by atoms with Crippen LogP contribution in [0.5, 0.6) is 11.5 Å². The van der Waals surface area contributed by atoms with Crippen molar-refractivity contribution in [3.8, 4) is 11.5 Å². The molecular formula is C21H25N3O4. The fourth-order valence-electron chi connectivity index (χ4n) is 3.45. The first-order chi connectivity index (χ1) is 13.8. The predicted molar refractivity (Wildman–Crippen MR) is 105 cm³/mol. The molecule has 0 spiro atoms. The van der Waals surface area contributed by atoms with Gasteiger partial charge in [0.1, 0.15) is 19.0 Å². The Hall–Kier alpha value is -2.80. The first kappa shape index (κ1) is 18.6. The lowest BCUT2D eigenvalue weighted by Gasteiger charge is -2.26. The van der Waals surface area contributed by atoms with E-state index in [9.17, 15) is 4.79 Å². The number of para-hydroxylation sites is 2. The largest absolute Gasteiger partial charge is 0.486 e. The smallest absolute Gasteiger partial charge is 0.248 e. The number of fused-ring (bicyclic) bond motifs is 1. The maximum Gasteiger partial charge on any atom is 0.248 e. The average Bonchev–Trinajstić information content (AvgIpc) is 3.01. The molecular weight excluding hydrogens is 358 g/mol. The second-order valence-electron chi connectivity index (χ2n) is 6.92. The van der Waals surface area contributed by atoms with E-state index in [1.165, 1.54) is 0 Å². The van der Waals surface area contributed by atoms with Crippen LogP contribution in [-0.4, -0.2) is 67.9 Å². The molecule has 1 atom stereocenters. The van der Waals surface area contributed by atoms with Crippen LogP contribution >= 0.6 is 0 Å². The number of pyridine rings is 1. The van der Waals surface area contributed by atoms with Gasteiger partial charge in [0, 0.05) is 32.4 Å². The zero-order valence-electron chi connectivity index (χ0n) is 15.8. The molecule has 1 saturated heterocycles. The second kappa shape index (κ2) is 8.93. The zero-order chi connectivity index (χ0) is 19.2. The predicted octanol–water partition coefficient (Wildman–Crippen LogP) is 1.98.